The molecule has 0 N–H and O–H groups in total. The summed E-state index contributed by atoms with van der Waals surface area (Å²) in [6, 6.07) is 5.89. The first-order valence-corrected chi connectivity index (χ1v) is 8.02. The van der Waals surface area contributed by atoms with Crippen LogP contribution >= 0.6 is 0 Å². The van der Waals surface area contributed by atoms with Crippen LogP contribution in [0.15, 0.2) is 33.4 Å². The number of nitrogens with zero attached hydrogens (tertiary/aromatic N) is 1. The summed E-state index contributed by atoms with van der Waals surface area (Å²) in [6.45, 7) is 8.29. The average molecular weight is 327 g/mol. The van der Waals surface area contributed by atoms with Gasteiger partial charge >= 0.3 is 5.97 Å². The van der Waals surface area contributed by atoms with Gasteiger partial charge in [0.2, 0.25) is 0 Å². The molecule has 0 fully saturated rings. The Bertz CT molecular complexity index is 873. The zero-order valence-corrected chi connectivity index (χ0v) is 14.4. The summed E-state index contributed by atoms with van der Waals surface area (Å²) < 4.78 is 15.8. The minimum atomic E-state index is -0.315. The first-order valence-electron chi connectivity index (χ1n) is 8.02. The lowest BCUT2D eigenvalue weighted by molar-refractivity contribution is -0.144. The van der Waals surface area contributed by atoms with E-state index in [0.717, 1.165) is 16.5 Å². The molecule has 1 aromatic carbocycles. The highest BCUT2D eigenvalue weighted by atomic mass is 16.5. The third kappa shape index (κ3) is 3.35. The molecule has 0 aliphatic rings. The molecule has 0 aliphatic heterocycles. The van der Waals surface area contributed by atoms with Crippen molar-refractivity contribution < 1.29 is 18.5 Å². The van der Waals surface area contributed by atoms with Crippen LogP contribution in [0, 0.1) is 13.8 Å². The standard InChI is InChI=1S/C19H21NO4/c1-11(2)16-8-17-14(9-22-18(17)5-12(16)3)7-19(21)23-10-15-6-13(4)24-20-15/h5-6,8-9,11H,7,10H2,1-4H3. The van der Waals surface area contributed by atoms with E-state index in [1.54, 1.807) is 19.3 Å². The number of fused-ring (bicyclic) bond motifs is 1. The van der Waals surface area contributed by atoms with Gasteiger partial charge in [-0.1, -0.05) is 19.0 Å². The van der Waals surface area contributed by atoms with Crippen molar-refractivity contribution in [2.24, 2.45) is 0 Å². The van der Waals surface area contributed by atoms with Crippen molar-refractivity contribution in [3.8, 4) is 0 Å². The highest BCUT2D eigenvalue weighted by Crippen LogP contribution is 2.29. The molecule has 5 heteroatoms. The van der Waals surface area contributed by atoms with Gasteiger partial charge in [0.25, 0.3) is 0 Å². The number of hydrogen-bond acceptors (Lipinski definition) is 5. The van der Waals surface area contributed by atoms with Crippen molar-refractivity contribution >= 4 is 16.9 Å². The van der Waals surface area contributed by atoms with Gasteiger partial charge in [-0.15, -0.1) is 0 Å². The molecule has 0 saturated heterocycles. The molecule has 5 nitrogen and oxygen atoms in total. The van der Waals surface area contributed by atoms with Gasteiger partial charge in [-0.25, -0.2) is 0 Å². The van der Waals surface area contributed by atoms with Crippen LogP contribution in [0.25, 0.3) is 11.0 Å². The maximum Gasteiger partial charge on any atom is 0.310 e. The van der Waals surface area contributed by atoms with Crippen LogP contribution < -0.4 is 0 Å². The summed E-state index contributed by atoms with van der Waals surface area (Å²) in [5.41, 5.74) is 4.70. The van der Waals surface area contributed by atoms with E-state index in [9.17, 15) is 4.79 Å². The molecule has 2 heterocycles. The predicted molar refractivity (Wildman–Crippen MR) is 89.8 cm³/mol. The number of carbonyl (C=O) groups is 1. The van der Waals surface area contributed by atoms with Gasteiger partial charge in [0.05, 0.1) is 12.7 Å². The number of ether oxygens (including phenoxy) is 1. The second kappa shape index (κ2) is 6.51. The third-order valence-corrected chi connectivity index (χ3v) is 4.06. The topological polar surface area (TPSA) is 65.5 Å². The number of esters is 1. The Hall–Kier alpha value is -2.56. The predicted octanol–water partition coefficient (Wildman–Crippen LogP) is 4.45. The van der Waals surface area contributed by atoms with Crippen LogP contribution in [-0.4, -0.2) is 11.1 Å². The number of aryl methyl sites for hydroxylation is 2. The molecular weight excluding hydrogens is 306 g/mol. The van der Waals surface area contributed by atoms with Gasteiger partial charge in [-0.05, 0) is 43.0 Å². The smallest absolute Gasteiger partial charge is 0.310 e. The van der Waals surface area contributed by atoms with Gasteiger partial charge in [-0.3, -0.25) is 4.79 Å². The summed E-state index contributed by atoms with van der Waals surface area (Å²) in [5.74, 6) is 0.794. The van der Waals surface area contributed by atoms with Crippen molar-refractivity contribution in [3.63, 3.8) is 0 Å². The van der Waals surface area contributed by atoms with Crippen LogP contribution in [0.1, 0.15) is 47.9 Å². The molecule has 2 aromatic heterocycles. The Balaban J connectivity index is 1.74. The van der Waals surface area contributed by atoms with Gasteiger partial charge in [0, 0.05) is 17.0 Å². The van der Waals surface area contributed by atoms with Crippen LogP contribution in [-0.2, 0) is 22.6 Å². The van der Waals surface area contributed by atoms with Crippen molar-refractivity contribution in [1.82, 2.24) is 5.16 Å². The molecule has 0 atom stereocenters. The quantitative estimate of drug-likeness (QED) is 0.648. The zero-order valence-electron chi connectivity index (χ0n) is 14.4. The van der Waals surface area contributed by atoms with Crippen LogP contribution in [0.5, 0.6) is 0 Å². The number of aromatic nitrogens is 1. The Kier molecular flexibility index (Phi) is 4.42. The lowest BCUT2D eigenvalue weighted by Crippen LogP contribution is -2.08. The number of hydrogen-bond donors (Lipinski definition) is 0. The highest BCUT2D eigenvalue weighted by molar-refractivity contribution is 5.87. The summed E-state index contributed by atoms with van der Waals surface area (Å²) in [7, 11) is 0. The van der Waals surface area contributed by atoms with Gasteiger partial charge in [0.1, 0.15) is 23.6 Å². The monoisotopic (exact) mass is 327 g/mol. The molecule has 0 saturated carbocycles. The first-order chi connectivity index (χ1) is 11.4. The van der Waals surface area contributed by atoms with E-state index in [2.05, 4.69) is 32.0 Å². The highest BCUT2D eigenvalue weighted by Gasteiger charge is 2.15. The molecule has 0 aliphatic carbocycles. The molecule has 3 rings (SSSR count). The lowest BCUT2D eigenvalue weighted by atomic mass is 9.95. The molecule has 24 heavy (non-hydrogen) atoms. The second-order valence-electron chi connectivity index (χ2n) is 6.39. The fraction of sp³-hybridized carbons (Fsp3) is 0.368. The second-order valence-corrected chi connectivity index (χ2v) is 6.39. The number of rotatable bonds is 5. The maximum atomic E-state index is 12.1. The Morgan fingerprint density at radius 2 is 2.04 bits per heavy atom. The minimum Gasteiger partial charge on any atom is -0.464 e. The van der Waals surface area contributed by atoms with E-state index in [1.165, 1.54) is 11.1 Å². The van der Waals surface area contributed by atoms with Gasteiger partial charge in [-0.2, -0.15) is 0 Å². The van der Waals surface area contributed by atoms with E-state index >= 15 is 0 Å². The molecule has 0 amide bonds. The summed E-state index contributed by atoms with van der Waals surface area (Å²) in [6.07, 6.45) is 1.81. The third-order valence-electron chi connectivity index (χ3n) is 4.06. The Morgan fingerprint density at radius 3 is 2.71 bits per heavy atom. The van der Waals surface area contributed by atoms with Crippen LogP contribution in [0.2, 0.25) is 0 Å². The minimum absolute atomic E-state index is 0.113. The zero-order chi connectivity index (χ0) is 17.3. The summed E-state index contributed by atoms with van der Waals surface area (Å²) >= 11 is 0. The fourth-order valence-corrected chi connectivity index (χ4v) is 2.85. The normalized spacial score (nSPS) is 11.4. The largest absolute Gasteiger partial charge is 0.464 e. The van der Waals surface area contributed by atoms with Crippen molar-refractivity contribution in [2.45, 2.75) is 46.6 Å². The van der Waals surface area contributed by atoms with Gasteiger partial charge < -0.3 is 13.7 Å². The number of benzene rings is 1. The van der Waals surface area contributed by atoms with Crippen molar-refractivity contribution in [1.29, 1.82) is 0 Å². The molecule has 0 spiro atoms. The van der Waals surface area contributed by atoms with Crippen molar-refractivity contribution in [2.75, 3.05) is 0 Å². The molecule has 0 radical (unpaired) electrons. The summed E-state index contributed by atoms with van der Waals surface area (Å²) in [5, 5.41) is 4.78. The molecule has 0 unspecified atom stereocenters. The Labute approximate surface area is 140 Å². The van der Waals surface area contributed by atoms with Crippen LogP contribution in [0.3, 0.4) is 0 Å². The number of carbonyl (C=O) groups excluding carboxylic acids is 1. The molecule has 3 aromatic rings. The Morgan fingerprint density at radius 1 is 1.25 bits per heavy atom. The average Bonchev–Trinajstić information content (AvgIpc) is 3.10. The van der Waals surface area contributed by atoms with E-state index in [-0.39, 0.29) is 19.0 Å². The molecular formula is C19H21NO4. The van der Waals surface area contributed by atoms with Gasteiger partial charge in [0.15, 0.2) is 0 Å². The van der Waals surface area contributed by atoms with E-state index < -0.39 is 0 Å². The molecule has 126 valence electrons. The summed E-state index contributed by atoms with van der Waals surface area (Å²) in [4.78, 5) is 12.1. The lowest BCUT2D eigenvalue weighted by Gasteiger charge is -2.09. The van der Waals surface area contributed by atoms with E-state index in [4.69, 9.17) is 13.7 Å². The maximum absolute atomic E-state index is 12.1. The van der Waals surface area contributed by atoms with Crippen LogP contribution in [0.4, 0.5) is 0 Å². The SMILES string of the molecule is Cc1cc(COC(=O)Cc2coc3cc(C)c(C(C)C)cc23)no1. The number of furan rings is 1. The fourth-order valence-electron chi connectivity index (χ4n) is 2.85. The van der Waals surface area contributed by atoms with E-state index in [0.29, 0.717) is 17.4 Å². The molecule has 0 bridgehead atoms. The first kappa shape index (κ1) is 16.3. The van der Waals surface area contributed by atoms with Crippen molar-refractivity contribution in [3.05, 3.63) is 52.6 Å². The van der Waals surface area contributed by atoms with E-state index in [1.807, 2.05) is 6.07 Å².